The first-order chi connectivity index (χ1) is 10.8. The topological polar surface area (TPSA) is 49.4 Å². The average Bonchev–Trinajstić information content (AvgIpc) is 2.79. The van der Waals surface area contributed by atoms with E-state index >= 15 is 0 Å². The van der Waals surface area contributed by atoms with Crippen LogP contribution in [0.2, 0.25) is 0 Å². The van der Waals surface area contributed by atoms with Crippen LogP contribution >= 0.6 is 0 Å². The Morgan fingerprint density at radius 1 is 1.30 bits per heavy atom. The number of hydrogen-bond donors (Lipinski definition) is 1. The van der Waals surface area contributed by atoms with Gasteiger partial charge in [-0.25, -0.2) is 8.78 Å². The summed E-state index contributed by atoms with van der Waals surface area (Å²) in [6.07, 6.45) is -0.0317. The predicted molar refractivity (Wildman–Crippen MR) is 81.1 cm³/mol. The number of hydrogen-bond acceptors (Lipinski definition) is 2. The summed E-state index contributed by atoms with van der Waals surface area (Å²) in [5.41, 5.74) is 0.651. The number of aryl methyl sites for hydroxylation is 1. The van der Waals surface area contributed by atoms with E-state index in [0.717, 1.165) is 11.1 Å². The van der Waals surface area contributed by atoms with Crippen molar-refractivity contribution < 1.29 is 18.4 Å². The number of carbonyl (C=O) groups is 2. The van der Waals surface area contributed by atoms with E-state index in [1.165, 1.54) is 4.90 Å². The Hall–Kier alpha value is -1.98. The number of benzene rings is 1. The quantitative estimate of drug-likeness (QED) is 0.904. The fourth-order valence-corrected chi connectivity index (χ4v) is 3.60. The first-order valence-electron chi connectivity index (χ1n) is 7.80. The third-order valence-corrected chi connectivity index (χ3v) is 4.84. The Balaban J connectivity index is 1.80. The standard InChI is InChI=1S/C17H20F2N2O2/c1-12-4-2-3-5-13(12)8-14(22)21-10-16(6-7-20-15(16)23)9-17(18,19)11-21/h2-5H,6-11H2,1H3,(H,20,23)/t16-/m0/s1. The fraction of sp³-hybridized carbons (Fsp3) is 0.529. The molecule has 0 bridgehead atoms. The number of halogens is 2. The van der Waals surface area contributed by atoms with E-state index in [1.54, 1.807) is 0 Å². The van der Waals surface area contributed by atoms with Gasteiger partial charge in [-0.15, -0.1) is 0 Å². The van der Waals surface area contributed by atoms with Gasteiger partial charge in [0.05, 0.1) is 18.4 Å². The average molecular weight is 322 g/mol. The van der Waals surface area contributed by atoms with Crippen LogP contribution in [0.5, 0.6) is 0 Å². The molecule has 1 N–H and O–H groups in total. The molecule has 23 heavy (non-hydrogen) atoms. The molecule has 2 saturated heterocycles. The van der Waals surface area contributed by atoms with Crippen molar-refractivity contribution in [3.63, 3.8) is 0 Å². The second-order valence-electron chi connectivity index (χ2n) is 6.67. The largest absolute Gasteiger partial charge is 0.356 e. The molecule has 2 aliphatic rings. The van der Waals surface area contributed by atoms with Crippen molar-refractivity contribution in [3.8, 4) is 0 Å². The van der Waals surface area contributed by atoms with Gasteiger partial charge >= 0.3 is 0 Å². The molecule has 1 atom stereocenters. The number of alkyl halides is 2. The second kappa shape index (κ2) is 5.58. The van der Waals surface area contributed by atoms with Gasteiger partial charge in [-0.3, -0.25) is 9.59 Å². The van der Waals surface area contributed by atoms with E-state index in [-0.39, 0.29) is 24.8 Å². The third kappa shape index (κ3) is 3.07. The highest BCUT2D eigenvalue weighted by atomic mass is 19.3. The van der Waals surface area contributed by atoms with Crippen molar-refractivity contribution in [2.75, 3.05) is 19.6 Å². The van der Waals surface area contributed by atoms with E-state index in [9.17, 15) is 18.4 Å². The van der Waals surface area contributed by atoms with Gasteiger partial charge in [-0.05, 0) is 24.5 Å². The van der Waals surface area contributed by atoms with Gasteiger partial charge in [0, 0.05) is 19.5 Å². The summed E-state index contributed by atoms with van der Waals surface area (Å²) in [4.78, 5) is 25.7. The summed E-state index contributed by atoms with van der Waals surface area (Å²) >= 11 is 0. The summed E-state index contributed by atoms with van der Waals surface area (Å²) in [7, 11) is 0. The van der Waals surface area contributed by atoms with Crippen LogP contribution in [-0.4, -0.2) is 42.3 Å². The number of nitrogens with one attached hydrogen (secondary N) is 1. The van der Waals surface area contributed by atoms with Gasteiger partial charge in [0.15, 0.2) is 0 Å². The number of carbonyl (C=O) groups excluding carboxylic acids is 2. The highest BCUT2D eigenvalue weighted by Gasteiger charge is 2.55. The molecule has 0 aliphatic carbocycles. The molecule has 2 heterocycles. The SMILES string of the molecule is Cc1ccccc1CC(=O)N1CC(F)(F)C[C@@]2(CCNC2=O)C1. The normalized spacial score (nSPS) is 26.4. The predicted octanol–water partition coefficient (Wildman–Crippen LogP) is 1.91. The highest BCUT2D eigenvalue weighted by molar-refractivity contribution is 5.87. The van der Waals surface area contributed by atoms with Crippen molar-refractivity contribution in [2.24, 2.45) is 5.41 Å². The molecule has 0 aromatic heterocycles. The summed E-state index contributed by atoms with van der Waals surface area (Å²) in [5, 5.41) is 2.63. The zero-order valence-electron chi connectivity index (χ0n) is 13.1. The molecular weight excluding hydrogens is 302 g/mol. The Morgan fingerprint density at radius 3 is 2.70 bits per heavy atom. The summed E-state index contributed by atoms with van der Waals surface area (Å²) in [5.74, 6) is -3.73. The monoisotopic (exact) mass is 322 g/mol. The van der Waals surface area contributed by atoms with Gasteiger partial charge in [-0.1, -0.05) is 24.3 Å². The van der Waals surface area contributed by atoms with Crippen LogP contribution in [0.3, 0.4) is 0 Å². The van der Waals surface area contributed by atoms with Crippen LogP contribution in [-0.2, 0) is 16.0 Å². The van der Waals surface area contributed by atoms with Crippen LogP contribution in [0.4, 0.5) is 8.78 Å². The fourth-order valence-electron chi connectivity index (χ4n) is 3.60. The van der Waals surface area contributed by atoms with Gasteiger partial charge in [0.1, 0.15) is 0 Å². The smallest absolute Gasteiger partial charge is 0.266 e. The summed E-state index contributed by atoms with van der Waals surface area (Å²) in [6, 6.07) is 7.41. The first-order valence-corrected chi connectivity index (χ1v) is 7.80. The van der Waals surface area contributed by atoms with Crippen molar-refractivity contribution in [2.45, 2.75) is 32.1 Å². The highest BCUT2D eigenvalue weighted by Crippen LogP contribution is 2.43. The van der Waals surface area contributed by atoms with Gasteiger partial charge in [0.25, 0.3) is 5.92 Å². The minimum absolute atomic E-state index is 0.0825. The lowest BCUT2D eigenvalue weighted by atomic mass is 9.77. The van der Waals surface area contributed by atoms with E-state index in [4.69, 9.17) is 0 Å². The Morgan fingerprint density at radius 2 is 2.04 bits per heavy atom. The maximum atomic E-state index is 14.1. The molecule has 2 aliphatic heterocycles. The molecule has 1 aromatic rings. The minimum Gasteiger partial charge on any atom is -0.356 e. The number of piperidine rings is 1. The summed E-state index contributed by atoms with van der Waals surface area (Å²) < 4.78 is 28.3. The number of amides is 2. The molecule has 2 fully saturated rings. The molecular formula is C17H20F2N2O2. The molecule has 1 aromatic carbocycles. The first kappa shape index (κ1) is 15.9. The van der Waals surface area contributed by atoms with Gasteiger partial charge < -0.3 is 10.2 Å². The summed E-state index contributed by atoms with van der Waals surface area (Å²) in [6.45, 7) is 1.76. The molecule has 124 valence electrons. The van der Waals surface area contributed by atoms with Crippen molar-refractivity contribution in [1.29, 1.82) is 0 Å². The van der Waals surface area contributed by atoms with Crippen LogP contribution in [0.1, 0.15) is 24.0 Å². The number of likely N-dealkylation sites (tertiary alicyclic amines) is 1. The second-order valence-corrected chi connectivity index (χ2v) is 6.67. The van der Waals surface area contributed by atoms with Crippen molar-refractivity contribution in [1.82, 2.24) is 10.2 Å². The van der Waals surface area contributed by atoms with Crippen molar-refractivity contribution in [3.05, 3.63) is 35.4 Å². The molecule has 3 rings (SSSR count). The molecule has 4 nitrogen and oxygen atoms in total. The van der Waals surface area contributed by atoms with Crippen LogP contribution in [0.25, 0.3) is 0 Å². The van der Waals surface area contributed by atoms with Crippen LogP contribution < -0.4 is 5.32 Å². The van der Waals surface area contributed by atoms with E-state index in [2.05, 4.69) is 5.32 Å². The van der Waals surface area contributed by atoms with Gasteiger partial charge in [0.2, 0.25) is 11.8 Å². The lowest BCUT2D eigenvalue weighted by molar-refractivity contribution is -0.159. The van der Waals surface area contributed by atoms with Crippen LogP contribution in [0.15, 0.2) is 24.3 Å². The molecule has 0 radical (unpaired) electrons. The molecule has 6 heteroatoms. The Kier molecular flexibility index (Phi) is 3.86. The zero-order valence-corrected chi connectivity index (χ0v) is 13.1. The molecule has 1 spiro atoms. The Labute approximate surface area is 133 Å². The van der Waals surface area contributed by atoms with Gasteiger partial charge in [-0.2, -0.15) is 0 Å². The third-order valence-electron chi connectivity index (χ3n) is 4.84. The zero-order chi connectivity index (χ0) is 16.7. The minimum atomic E-state index is -3.03. The van der Waals surface area contributed by atoms with E-state index < -0.39 is 24.3 Å². The number of rotatable bonds is 2. The molecule has 0 unspecified atom stereocenters. The molecule has 2 amide bonds. The van der Waals surface area contributed by atoms with E-state index in [0.29, 0.717) is 13.0 Å². The van der Waals surface area contributed by atoms with Crippen molar-refractivity contribution >= 4 is 11.8 Å². The lowest BCUT2D eigenvalue weighted by Crippen LogP contribution is -2.57. The maximum absolute atomic E-state index is 14.1. The Bertz CT molecular complexity index is 647. The van der Waals surface area contributed by atoms with E-state index in [1.807, 2.05) is 31.2 Å². The number of nitrogens with zero attached hydrogens (tertiary/aromatic N) is 1. The lowest BCUT2D eigenvalue weighted by Gasteiger charge is -2.42. The van der Waals surface area contributed by atoms with Crippen LogP contribution in [0, 0.1) is 12.3 Å². The maximum Gasteiger partial charge on any atom is 0.266 e. The molecule has 0 saturated carbocycles.